The van der Waals surface area contributed by atoms with Crippen LogP contribution in [0.3, 0.4) is 0 Å². The van der Waals surface area contributed by atoms with Gasteiger partial charge in [0.1, 0.15) is 6.04 Å². The van der Waals surface area contributed by atoms with Gasteiger partial charge in [-0.3, -0.25) is 9.36 Å². The summed E-state index contributed by atoms with van der Waals surface area (Å²) in [5.41, 5.74) is 0. The molecule has 0 saturated carbocycles. The monoisotopic (exact) mass is 272 g/mol. The molecule has 0 aliphatic carbocycles. The molecule has 0 aliphatic heterocycles. The van der Waals surface area contributed by atoms with Gasteiger partial charge >= 0.3 is 5.97 Å². The van der Waals surface area contributed by atoms with E-state index in [9.17, 15) is 14.2 Å². The summed E-state index contributed by atoms with van der Waals surface area (Å²) >= 11 is 0. The number of hydrogen-bond acceptors (Lipinski definition) is 3. The molecule has 2 atom stereocenters. The van der Waals surface area contributed by atoms with Crippen LogP contribution in [-0.2, 0) is 14.2 Å². The number of hydrogen-bond donors (Lipinski definition) is 3. The Morgan fingerprint density at radius 3 is 2.31 bits per heavy atom. The summed E-state index contributed by atoms with van der Waals surface area (Å²) < 4.78 is 31.2. The number of aliphatic carboxylic acids is 1. The molecule has 0 spiro atoms. The van der Waals surface area contributed by atoms with E-state index in [1.807, 2.05) is 0 Å². The fourth-order valence-electron chi connectivity index (χ4n) is 0.784. The van der Waals surface area contributed by atoms with Crippen molar-refractivity contribution in [2.75, 3.05) is 12.8 Å². The zero-order valence-electron chi connectivity index (χ0n) is 12.6. The van der Waals surface area contributed by atoms with Crippen LogP contribution in [0.4, 0.5) is 0 Å². The number of carbonyl (C=O) groups excluding carboxylic acids is 1. The third-order valence-electron chi connectivity index (χ3n) is 1.44. The van der Waals surface area contributed by atoms with Crippen LogP contribution in [0.5, 0.6) is 0 Å². The second kappa shape index (κ2) is 10.1. The van der Waals surface area contributed by atoms with E-state index in [0.717, 1.165) is 6.66 Å². The van der Waals surface area contributed by atoms with Gasteiger partial charge in [-0.15, -0.1) is 0 Å². The zero-order chi connectivity index (χ0) is 13.9. The van der Waals surface area contributed by atoms with Crippen LogP contribution >= 0.6 is 7.37 Å². The quantitative estimate of drug-likeness (QED) is 0.444. The van der Waals surface area contributed by atoms with E-state index in [1.165, 1.54) is 0 Å². The van der Waals surface area contributed by atoms with Gasteiger partial charge in [0.25, 0.3) is 0 Å². The summed E-state index contributed by atoms with van der Waals surface area (Å²) in [6, 6.07) is -1.48. The maximum absolute atomic E-state index is 11.0. The summed E-state index contributed by atoms with van der Waals surface area (Å²) in [7, 11) is -3.40. The Balaban J connectivity index is -0.00000128. The normalized spacial score (nSPS) is 18.2. The molecule has 0 bridgehead atoms. The molecule has 0 aliphatic rings. The molecular weight excluding hydrogens is 255 g/mol. The molecule has 6 nitrogen and oxygen atoms in total. The fourth-order valence-corrected chi connectivity index (χ4v) is 1.52. The Labute approximate surface area is 143 Å². The molecule has 2 unspecified atom stereocenters. The fraction of sp³-hybridized carbons (Fsp3) is 0.714. The first kappa shape index (κ1) is 15.2. The molecule has 0 rings (SSSR count). The van der Waals surface area contributed by atoms with Gasteiger partial charge in [-0.2, -0.15) is 0 Å². The van der Waals surface area contributed by atoms with E-state index in [-0.39, 0.29) is 71.7 Å². The largest absolute Gasteiger partial charge is 0.480 e. The van der Waals surface area contributed by atoms with Crippen LogP contribution in [0.15, 0.2) is 0 Å². The summed E-state index contributed by atoms with van der Waals surface area (Å²) in [6.45, 7) is -1.89. The average Bonchev–Trinajstić information content (AvgIpc) is 2.07. The van der Waals surface area contributed by atoms with Crippen LogP contribution in [0.25, 0.3) is 0 Å². The molecule has 3 N–H and O–H groups in total. The van der Waals surface area contributed by atoms with Gasteiger partial charge in [0.15, 0.2) is 7.37 Å². The van der Waals surface area contributed by atoms with Crippen molar-refractivity contribution in [1.29, 1.82) is 0 Å². The number of carboxylic acids is 1. The van der Waals surface area contributed by atoms with Crippen molar-refractivity contribution in [3.8, 4) is 0 Å². The van der Waals surface area contributed by atoms with Gasteiger partial charge in [0.2, 0.25) is 5.91 Å². The van der Waals surface area contributed by atoms with E-state index in [2.05, 4.69) is 0 Å². The molecule has 1 amide bonds. The standard InChI is InChI=1S/C7H14NO5P.2Na/c1-5(9)8-6(7(10)11)3-4-14(2,12)13;;/h6H,3-4H2,1-2H3,(H,8,9)(H,10,11)(H,12,13);;/i1D3;;. The first-order chi connectivity index (χ1) is 7.43. The number of nitrogens with one attached hydrogen (secondary N) is 1. The average molecular weight is 272 g/mol. The van der Waals surface area contributed by atoms with Crippen molar-refractivity contribution >= 4 is 78.4 Å². The molecule has 0 aromatic rings. The number of rotatable bonds is 5. The molecule has 84 valence electrons. The van der Waals surface area contributed by atoms with E-state index >= 15 is 0 Å². The SMILES string of the molecule is [2H]C([2H])([2H])C(=O)NC(CCP(C)(=O)O)C(=O)O.[Na].[Na]. The van der Waals surface area contributed by atoms with Crippen molar-refractivity contribution in [2.45, 2.75) is 19.3 Å². The Bertz CT molecular complexity index is 359. The van der Waals surface area contributed by atoms with Crippen molar-refractivity contribution in [3.05, 3.63) is 0 Å². The second-order valence-corrected chi connectivity index (χ2v) is 5.48. The Morgan fingerprint density at radius 2 is 2.00 bits per heavy atom. The van der Waals surface area contributed by atoms with Crippen LogP contribution in [0.1, 0.15) is 17.4 Å². The van der Waals surface area contributed by atoms with E-state index in [0.29, 0.717) is 0 Å². The molecule has 0 heterocycles. The predicted octanol–water partition coefficient (Wildman–Crippen LogP) is -0.896. The Hall–Kier alpha value is 1.13. The third kappa shape index (κ3) is 13.2. The first-order valence-electron chi connectivity index (χ1n) is 5.26. The molecule has 2 radical (unpaired) electrons. The Kier molecular flexibility index (Phi) is 9.58. The maximum atomic E-state index is 11.0. The van der Waals surface area contributed by atoms with Gasteiger partial charge in [-0.1, -0.05) is 0 Å². The third-order valence-corrected chi connectivity index (χ3v) is 2.52. The molecule has 16 heavy (non-hydrogen) atoms. The minimum absolute atomic E-state index is 0. The van der Waals surface area contributed by atoms with Crippen LogP contribution in [0.2, 0.25) is 0 Å². The number of carboxylic acid groups (broad SMARTS) is 1. The first-order valence-corrected chi connectivity index (χ1v) is 6.06. The van der Waals surface area contributed by atoms with Gasteiger partial charge in [-0.25, -0.2) is 4.79 Å². The van der Waals surface area contributed by atoms with Gasteiger partial charge in [0.05, 0.1) is 0 Å². The molecular formula is C7H14NNa2O5P. The van der Waals surface area contributed by atoms with Crippen molar-refractivity contribution in [3.63, 3.8) is 0 Å². The topological polar surface area (TPSA) is 104 Å². The van der Waals surface area contributed by atoms with E-state index < -0.39 is 32.1 Å². The van der Waals surface area contributed by atoms with Crippen LogP contribution in [-0.4, -0.2) is 99.9 Å². The molecule has 0 aromatic carbocycles. The van der Waals surface area contributed by atoms with Crippen molar-refractivity contribution < 1.29 is 28.3 Å². The van der Waals surface area contributed by atoms with Gasteiger partial charge < -0.3 is 15.3 Å². The van der Waals surface area contributed by atoms with Gasteiger partial charge in [-0.05, 0) is 6.42 Å². The minimum atomic E-state index is -3.40. The predicted molar refractivity (Wildman–Crippen MR) is 62.0 cm³/mol. The Morgan fingerprint density at radius 1 is 1.50 bits per heavy atom. The van der Waals surface area contributed by atoms with Gasteiger partial charge in [0, 0.05) is 82.9 Å². The van der Waals surface area contributed by atoms with Crippen molar-refractivity contribution in [2.24, 2.45) is 0 Å². The molecule has 0 saturated heterocycles. The number of amides is 1. The number of carbonyl (C=O) groups is 2. The van der Waals surface area contributed by atoms with E-state index in [4.69, 9.17) is 14.1 Å². The van der Waals surface area contributed by atoms with Crippen LogP contribution in [0, 0.1) is 0 Å². The summed E-state index contributed by atoms with van der Waals surface area (Å²) in [6.07, 6.45) is -0.618. The summed E-state index contributed by atoms with van der Waals surface area (Å²) in [5, 5.41) is 10.5. The second-order valence-electron chi connectivity index (χ2n) is 2.93. The van der Waals surface area contributed by atoms with Crippen LogP contribution < -0.4 is 5.32 Å². The smallest absolute Gasteiger partial charge is 0.326 e. The zero-order valence-corrected chi connectivity index (χ0v) is 14.5. The molecule has 9 heteroatoms. The summed E-state index contributed by atoms with van der Waals surface area (Å²) in [5.74, 6) is -2.84. The van der Waals surface area contributed by atoms with Crippen molar-refractivity contribution in [1.82, 2.24) is 5.32 Å². The van der Waals surface area contributed by atoms with E-state index in [1.54, 1.807) is 5.32 Å². The maximum Gasteiger partial charge on any atom is 0.326 e. The molecule has 0 aromatic heterocycles. The minimum Gasteiger partial charge on any atom is -0.480 e. The summed E-state index contributed by atoms with van der Waals surface area (Å²) in [4.78, 5) is 30.7. The molecule has 0 fully saturated rings.